The molecule has 5 heterocycles. The van der Waals surface area contributed by atoms with Crippen LogP contribution in [-0.4, -0.2) is 42.0 Å². The molecule has 0 radical (unpaired) electrons. The van der Waals surface area contributed by atoms with E-state index in [1.807, 2.05) is 30.5 Å². The van der Waals surface area contributed by atoms with Crippen molar-refractivity contribution in [3.05, 3.63) is 83.0 Å². The lowest BCUT2D eigenvalue weighted by atomic mass is 9.76. The van der Waals surface area contributed by atoms with Gasteiger partial charge in [0.2, 0.25) is 17.7 Å². The number of hydrogen-bond donors (Lipinski definition) is 3. The van der Waals surface area contributed by atoms with Gasteiger partial charge in [-0.05, 0) is 48.4 Å². The number of amides is 3. The highest BCUT2D eigenvalue weighted by atomic mass is 35.5. The lowest BCUT2D eigenvalue weighted by Gasteiger charge is -2.30. The number of halogens is 1. The zero-order valence-corrected chi connectivity index (χ0v) is 21.8. The standard InChI is InChI=1S/C30H23ClN4O5/c31-16-5-7-21-19(12-16)30(29(38)33-21)26-25(22(34-30)11-15-14-32-20-4-2-1-3-18(15)20)27(36)35(28(26)37)17-6-8-23-24(13-17)40-10-9-39-23/h1-8,12-14,22,25-26,32,34H,9-11H2,(H,33,38)/t22-,25+,26-,30+/m0/s1. The van der Waals surface area contributed by atoms with Crippen molar-refractivity contribution in [1.29, 1.82) is 0 Å². The summed E-state index contributed by atoms with van der Waals surface area (Å²) in [4.78, 5) is 46.8. The second-order valence-corrected chi connectivity index (χ2v) is 11.0. The maximum absolute atomic E-state index is 14.3. The van der Waals surface area contributed by atoms with Crippen LogP contribution in [0.2, 0.25) is 5.02 Å². The summed E-state index contributed by atoms with van der Waals surface area (Å²) in [5.41, 5.74) is 2.06. The lowest BCUT2D eigenvalue weighted by Crippen LogP contribution is -2.53. The van der Waals surface area contributed by atoms with Crippen LogP contribution in [-0.2, 0) is 26.3 Å². The molecule has 0 unspecified atom stereocenters. The third-order valence-electron chi connectivity index (χ3n) is 8.58. The molecule has 3 aromatic carbocycles. The first-order valence-corrected chi connectivity index (χ1v) is 13.5. The van der Waals surface area contributed by atoms with Crippen LogP contribution < -0.4 is 25.0 Å². The molecule has 200 valence electrons. The number of hydrogen-bond acceptors (Lipinski definition) is 6. The highest BCUT2D eigenvalue weighted by molar-refractivity contribution is 6.31. The molecule has 10 heteroatoms. The van der Waals surface area contributed by atoms with E-state index in [0.29, 0.717) is 53.1 Å². The van der Waals surface area contributed by atoms with Crippen LogP contribution in [0.4, 0.5) is 11.4 Å². The van der Waals surface area contributed by atoms with Crippen LogP contribution in [0, 0.1) is 11.8 Å². The molecular weight excluding hydrogens is 532 g/mol. The molecule has 4 aliphatic heterocycles. The summed E-state index contributed by atoms with van der Waals surface area (Å²) in [6.07, 6.45) is 2.36. The number of anilines is 2. The number of nitrogens with one attached hydrogen (secondary N) is 3. The second kappa shape index (κ2) is 8.33. The molecule has 1 spiro atoms. The number of rotatable bonds is 3. The van der Waals surface area contributed by atoms with Crippen LogP contribution in [0.5, 0.6) is 11.5 Å². The number of ether oxygens (including phenoxy) is 2. The summed E-state index contributed by atoms with van der Waals surface area (Å²) in [6.45, 7) is 0.805. The van der Waals surface area contributed by atoms with Crippen molar-refractivity contribution in [3.8, 4) is 11.5 Å². The van der Waals surface area contributed by atoms with Gasteiger partial charge in [-0.15, -0.1) is 0 Å². The van der Waals surface area contributed by atoms with Crippen molar-refractivity contribution < 1.29 is 23.9 Å². The number of aromatic nitrogens is 1. The highest BCUT2D eigenvalue weighted by Crippen LogP contribution is 2.54. The summed E-state index contributed by atoms with van der Waals surface area (Å²) in [5, 5.41) is 7.88. The number of fused-ring (bicyclic) bond motifs is 6. The largest absolute Gasteiger partial charge is 0.486 e. The Labute approximate surface area is 233 Å². The van der Waals surface area contributed by atoms with E-state index in [1.54, 1.807) is 36.4 Å². The van der Waals surface area contributed by atoms with Gasteiger partial charge in [-0.25, -0.2) is 4.90 Å². The molecule has 3 N–H and O–H groups in total. The van der Waals surface area contributed by atoms with Gasteiger partial charge in [0.15, 0.2) is 11.5 Å². The van der Waals surface area contributed by atoms with Crippen molar-refractivity contribution in [2.24, 2.45) is 11.8 Å². The molecule has 40 heavy (non-hydrogen) atoms. The van der Waals surface area contributed by atoms with Gasteiger partial charge in [0.1, 0.15) is 18.8 Å². The van der Waals surface area contributed by atoms with Gasteiger partial charge in [0.25, 0.3) is 0 Å². The van der Waals surface area contributed by atoms with E-state index in [2.05, 4.69) is 15.6 Å². The number of nitrogens with zero attached hydrogens (tertiary/aromatic N) is 1. The van der Waals surface area contributed by atoms with Crippen molar-refractivity contribution in [2.75, 3.05) is 23.4 Å². The molecule has 8 rings (SSSR count). The Bertz CT molecular complexity index is 1770. The van der Waals surface area contributed by atoms with E-state index >= 15 is 0 Å². The van der Waals surface area contributed by atoms with Gasteiger partial charge < -0.3 is 19.8 Å². The number of H-pyrrole nitrogens is 1. The average Bonchev–Trinajstić information content (AvgIpc) is 3.67. The smallest absolute Gasteiger partial charge is 0.250 e. The summed E-state index contributed by atoms with van der Waals surface area (Å²) < 4.78 is 11.4. The van der Waals surface area contributed by atoms with Crippen LogP contribution in [0.15, 0.2) is 66.9 Å². The van der Waals surface area contributed by atoms with E-state index in [9.17, 15) is 14.4 Å². The zero-order valence-electron chi connectivity index (χ0n) is 21.1. The molecule has 0 bridgehead atoms. The third kappa shape index (κ3) is 3.10. The normalized spacial score (nSPS) is 26.5. The molecule has 3 amide bonds. The van der Waals surface area contributed by atoms with Crippen LogP contribution in [0.3, 0.4) is 0 Å². The minimum atomic E-state index is -1.45. The summed E-state index contributed by atoms with van der Waals surface area (Å²) >= 11 is 6.39. The Morgan fingerprint density at radius 2 is 1.77 bits per heavy atom. The molecular formula is C30H23ClN4O5. The van der Waals surface area contributed by atoms with Gasteiger partial charge in [-0.1, -0.05) is 29.8 Å². The number of para-hydroxylation sites is 1. The maximum atomic E-state index is 14.3. The molecule has 0 aliphatic carbocycles. The first kappa shape index (κ1) is 23.5. The first-order valence-electron chi connectivity index (χ1n) is 13.2. The summed E-state index contributed by atoms with van der Waals surface area (Å²) in [6, 6.07) is 17.6. The summed E-state index contributed by atoms with van der Waals surface area (Å²) in [5.74, 6) is -1.89. The predicted octanol–water partition coefficient (Wildman–Crippen LogP) is 3.76. The highest BCUT2D eigenvalue weighted by Gasteiger charge is 2.70. The fourth-order valence-corrected chi connectivity index (χ4v) is 7.08. The number of imide groups is 1. The van der Waals surface area contributed by atoms with Crippen LogP contribution in [0.25, 0.3) is 10.9 Å². The quantitative estimate of drug-likeness (QED) is 0.332. The maximum Gasteiger partial charge on any atom is 0.250 e. The molecule has 2 saturated heterocycles. The minimum absolute atomic E-state index is 0.357. The molecule has 9 nitrogen and oxygen atoms in total. The van der Waals surface area contributed by atoms with E-state index in [1.165, 1.54) is 4.90 Å². The monoisotopic (exact) mass is 554 g/mol. The van der Waals surface area contributed by atoms with Gasteiger partial charge in [-0.2, -0.15) is 0 Å². The topological polar surface area (TPSA) is 113 Å². The summed E-state index contributed by atoms with van der Waals surface area (Å²) in [7, 11) is 0. The van der Waals surface area contributed by atoms with Gasteiger partial charge in [-0.3, -0.25) is 19.7 Å². The number of carbonyl (C=O) groups is 3. The van der Waals surface area contributed by atoms with Crippen molar-refractivity contribution in [1.82, 2.24) is 10.3 Å². The van der Waals surface area contributed by atoms with Crippen molar-refractivity contribution in [3.63, 3.8) is 0 Å². The molecule has 1 aromatic heterocycles. The number of carbonyl (C=O) groups excluding carboxylic acids is 3. The molecule has 4 aliphatic rings. The molecule has 0 saturated carbocycles. The van der Waals surface area contributed by atoms with E-state index in [-0.39, 0.29) is 11.8 Å². The first-order chi connectivity index (χ1) is 19.5. The van der Waals surface area contributed by atoms with E-state index in [4.69, 9.17) is 21.1 Å². The molecule has 4 atom stereocenters. The van der Waals surface area contributed by atoms with E-state index in [0.717, 1.165) is 16.5 Å². The van der Waals surface area contributed by atoms with Crippen molar-refractivity contribution in [2.45, 2.75) is 18.0 Å². The lowest BCUT2D eigenvalue weighted by molar-refractivity contribution is -0.130. The number of benzene rings is 3. The van der Waals surface area contributed by atoms with Crippen LogP contribution >= 0.6 is 11.6 Å². The van der Waals surface area contributed by atoms with Gasteiger partial charge >= 0.3 is 0 Å². The Morgan fingerprint density at radius 1 is 0.950 bits per heavy atom. The molecule has 2 fully saturated rings. The van der Waals surface area contributed by atoms with E-state index < -0.39 is 29.3 Å². The average molecular weight is 555 g/mol. The minimum Gasteiger partial charge on any atom is -0.486 e. The second-order valence-electron chi connectivity index (χ2n) is 10.6. The third-order valence-corrected chi connectivity index (χ3v) is 8.81. The van der Waals surface area contributed by atoms with Gasteiger partial charge in [0.05, 0.1) is 17.5 Å². The fraction of sp³-hybridized carbons (Fsp3) is 0.233. The van der Waals surface area contributed by atoms with Gasteiger partial charge in [0, 0.05) is 45.5 Å². The SMILES string of the molecule is O=C1[C@@H]2[C@H](Cc3c[nH]c4ccccc34)N[C@@]3(C(=O)Nc4ccc(Cl)cc43)[C@@H]2C(=O)N1c1ccc2c(c1)OCCO2. The van der Waals surface area contributed by atoms with Crippen molar-refractivity contribution >= 4 is 51.6 Å². The predicted molar refractivity (Wildman–Crippen MR) is 148 cm³/mol. The Balaban J connectivity index is 1.27. The Hall–Kier alpha value is -4.34. The fourth-order valence-electron chi connectivity index (χ4n) is 6.91. The zero-order chi connectivity index (χ0) is 27.2. The van der Waals surface area contributed by atoms with Crippen LogP contribution in [0.1, 0.15) is 11.1 Å². The molecule has 4 aromatic rings. The Morgan fingerprint density at radius 3 is 2.65 bits per heavy atom. The number of aromatic amines is 1. The Kier molecular flexibility index (Phi) is 4.90.